The molecule has 3 aromatic carbocycles. The van der Waals surface area contributed by atoms with E-state index in [1.807, 2.05) is 19.1 Å². The number of halogens is 3. The van der Waals surface area contributed by atoms with Crippen LogP contribution in [0.5, 0.6) is 5.75 Å². The zero-order chi connectivity index (χ0) is 23.7. The van der Waals surface area contributed by atoms with E-state index in [9.17, 15) is 14.4 Å². The van der Waals surface area contributed by atoms with E-state index in [0.717, 1.165) is 10.5 Å². The fraction of sp³-hybridized carbons (Fsp3) is 0.0417. The van der Waals surface area contributed by atoms with Crippen molar-refractivity contribution in [1.82, 2.24) is 0 Å². The minimum atomic E-state index is -0.730. The van der Waals surface area contributed by atoms with Gasteiger partial charge in [0, 0.05) is 5.69 Å². The second kappa shape index (κ2) is 9.27. The summed E-state index contributed by atoms with van der Waals surface area (Å²) < 4.78 is 5.34. The maximum absolute atomic E-state index is 12.9. The van der Waals surface area contributed by atoms with E-state index in [1.165, 1.54) is 24.3 Å². The van der Waals surface area contributed by atoms with Crippen molar-refractivity contribution in [2.45, 2.75) is 6.92 Å². The van der Waals surface area contributed by atoms with Gasteiger partial charge in [-0.2, -0.15) is 0 Å². The van der Waals surface area contributed by atoms with Gasteiger partial charge in [-0.3, -0.25) is 9.59 Å². The van der Waals surface area contributed by atoms with Crippen molar-refractivity contribution in [2.24, 2.45) is 0 Å². The summed E-state index contributed by atoms with van der Waals surface area (Å²) in [5.41, 5.74) is 1.81. The Bertz CT molecular complexity index is 1300. The van der Waals surface area contributed by atoms with Crippen LogP contribution in [-0.2, 0) is 9.59 Å². The minimum absolute atomic E-state index is 0.0584. The molecule has 166 valence electrons. The zero-order valence-electron chi connectivity index (χ0n) is 17.1. The van der Waals surface area contributed by atoms with Crippen LogP contribution < -0.4 is 15.0 Å². The molecule has 6 nitrogen and oxygen atoms in total. The Morgan fingerprint density at radius 1 is 0.879 bits per heavy atom. The van der Waals surface area contributed by atoms with E-state index in [0.29, 0.717) is 17.0 Å². The molecule has 1 aliphatic heterocycles. The summed E-state index contributed by atoms with van der Waals surface area (Å²) in [5.74, 6) is -1.51. The molecule has 0 saturated heterocycles. The number of amides is 2. The quantitative estimate of drug-likeness (QED) is 0.265. The standard InChI is InChI=1S/C24H15Cl3N2O4/c1-13-5-11-16(12-6-13)33-24(32)14-7-9-15(10-8-14)28-21-20(27)22(30)29(23(21)31)18-4-2-3-17(25)19(18)26/h2-12,28H,1H3. The number of nitrogens with one attached hydrogen (secondary N) is 1. The van der Waals surface area contributed by atoms with Crippen molar-refractivity contribution < 1.29 is 19.1 Å². The molecular weight excluding hydrogens is 487 g/mol. The van der Waals surface area contributed by atoms with Gasteiger partial charge in [-0.25, -0.2) is 9.69 Å². The van der Waals surface area contributed by atoms with Gasteiger partial charge in [0.25, 0.3) is 11.8 Å². The van der Waals surface area contributed by atoms with Gasteiger partial charge in [0.05, 0.1) is 21.3 Å². The van der Waals surface area contributed by atoms with Gasteiger partial charge in [-0.15, -0.1) is 0 Å². The average molecular weight is 502 g/mol. The first kappa shape index (κ1) is 22.9. The van der Waals surface area contributed by atoms with Gasteiger partial charge in [0.1, 0.15) is 16.5 Å². The largest absolute Gasteiger partial charge is 0.423 e. The van der Waals surface area contributed by atoms with Crippen molar-refractivity contribution in [1.29, 1.82) is 0 Å². The fourth-order valence-electron chi connectivity index (χ4n) is 3.10. The molecule has 1 aliphatic rings. The number of benzene rings is 3. The topological polar surface area (TPSA) is 75.7 Å². The minimum Gasteiger partial charge on any atom is -0.423 e. The van der Waals surface area contributed by atoms with Crippen LogP contribution in [-0.4, -0.2) is 17.8 Å². The molecule has 0 aliphatic carbocycles. The molecule has 4 rings (SSSR count). The second-order valence-electron chi connectivity index (χ2n) is 7.11. The van der Waals surface area contributed by atoms with Crippen LogP contribution in [0.15, 0.2) is 77.5 Å². The number of carbonyl (C=O) groups is 3. The SMILES string of the molecule is Cc1ccc(OC(=O)c2ccc(NC3=C(Cl)C(=O)N(c4cccc(Cl)c4Cl)C3=O)cc2)cc1. The number of imide groups is 1. The van der Waals surface area contributed by atoms with E-state index in [4.69, 9.17) is 39.5 Å². The van der Waals surface area contributed by atoms with Gasteiger partial charge in [0.15, 0.2) is 0 Å². The predicted molar refractivity (Wildman–Crippen MR) is 128 cm³/mol. The van der Waals surface area contributed by atoms with E-state index >= 15 is 0 Å². The van der Waals surface area contributed by atoms with Crippen molar-refractivity contribution >= 4 is 64.0 Å². The van der Waals surface area contributed by atoms with Crippen molar-refractivity contribution in [3.8, 4) is 5.75 Å². The first-order valence-electron chi connectivity index (χ1n) is 9.65. The molecular formula is C24H15Cl3N2O4. The third-order valence-electron chi connectivity index (χ3n) is 4.82. The summed E-state index contributed by atoms with van der Waals surface area (Å²) in [6.07, 6.45) is 0. The first-order chi connectivity index (χ1) is 15.8. The Hall–Kier alpha value is -3.32. The molecule has 0 unspecified atom stereocenters. The van der Waals surface area contributed by atoms with Crippen LogP contribution in [0.3, 0.4) is 0 Å². The van der Waals surface area contributed by atoms with Gasteiger partial charge in [0.2, 0.25) is 0 Å². The molecule has 0 saturated carbocycles. The Kier molecular flexibility index (Phi) is 6.42. The number of rotatable bonds is 5. The maximum atomic E-state index is 12.9. The maximum Gasteiger partial charge on any atom is 0.343 e. The third-order valence-corrected chi connectivity index (χ3v) is 5.98. The summed E-state index contributed by atoms with van der Waals surface area (Å²) in [6, 6.07) is 17.9. The highest BCUT2D eigenvalue weighted by Gasteiger charge is 2.40. The van der Waals surface area contributed by atoms with E-state index in [1.54, 1.807) is 30.3 Å². The smallest absolute Gasteiger partial charge is 0.343 e. The fourth-order valence-corrected chi connectivity index (χ4v) is 3.69. The Morgan fingerprint density at radius 2 is 1.55 bits per heavy atom. The molecule has 2 amide bonds. The molecule has 9 heteroatoms. The lowest BCUT2D eigenvalue weighted by Gasteiger charge is -2.17. The molecule has 0 bridgehead atoms. The van der Waals surface area contributed by atoms with Crippen LogP contribution in [0.4, 0.5) is 11.4 Å². The lowest BCUT2D eigenvalue weighted by atomic mass is 10.2. The van der Waals surface area contributed by atoms with Gasteiger partial charge >= 0.3 is 5.97 Å². The van der Waals surface area contributed by atoms with Crippen molar-refractivity contribution in [2.75, 3.05) is 10.2 Å². The number of aryl methyl sites for hydroxylation is 1. The highest BCUT2D eigenvalue weighted by Crippen LogP contribution is 2.37. The van der Waals surface area contributed by atoms with E-state index in [-0.39, 0.29) is 26.5 Å². The van der Waals surface area contributed by atoms with Crippen LogP contribution in [0, 0.1) is 6.92 Å². The summed E-state index contributed by atoms with van der Waals surface area (Å²) in [7, 11) is 0. The van der Waals surface area contributed by atoms with Gasteiger partial charge < -0.3 is 10.1 Å². The van der Waals surface area contributed by atoms with Crippen LogP contribution >= 0.6 is 34.8 Å². The van der Waals surface area contributed by atoms with Crippen LogP contribution in [0.1, 0.15) is 15.9 Å². The number of hydrogen-bond donors (Lipinski definition) is 1. The molecule has 0 fully saturated rings. The first-order valence-corrected chi connectivity index (χ1v) is 10.8. The van der Waals surface area contributed by atoms with E-state index in [2.05, 4.69) is 5.32 Å². The average Bonchev–Trinajstić information content (AvgIpc) is 3.01. The second-order valence-corrected chi connectivity index (χ2v) is 8.28. The number of esters is 1. The molecule has 0 radical (unpaired) electrons. The summed E-state index contributed by atoms with van der Waals surface area (Å²) in [4.78, 5) is 38.8. The Morgan fingerprint density at radius 3 is 2.21 bits per heavy atom. The molecule has 0 aromatic heterocycles. The normalized spacial score (nSPS) is 13.5. The van der Waals surface area contributed by atoms with Crippen molar-refractivity contribution in [3.63, 3.8) is 0 Å². The monoisotopic (exact) mass is 500 g/mol. The summed E-state index contributed by atoms with van der Waals surface area (Å²) in [5, 5.41) is 2.79. The molecule has 33 heavy (non-hydrogen) atoms. The van der Waals surface area contributed by atoms with Crippen LogP contribution in [0.2, 0.25) is 10.0 Å². The number of hydrogen-bond acceptors (Lipinski definition) is 5. The molecule has 1 N–H and O–H groups in total. The predicted octanol–water partition coefficient (Wildman–Crippen LogP) is 5.96. The number of carbonyl (C=O) groups excluding carboxylic acids is 3. The molecule has 0 atom stereocenters. The van der Waals surface area contributed by atoms with Crippen LogP contribution in [0.25, 0.3) is 0 Å². The molecule has 0 spiro atoms. The summed E-state index contributed by atoms with van der Waals surface area (Å²) in [6.45, 7) is 1.94. The van der Waals surface area contributed by atoms with Crippen molar-refractivity contribution in [3.05, 3.63) is 98.6 Å². The molecule has 1 heterocycles. The van der Waals surface area contributed by atoms with E-state index < -0.39 is 17.8 Å². The lowest BCUT2D eigenvalue weighted by Crippen LogP contribution is -2.32. The third kappa shape index (κ3) is 4.59. The van der Waals surface area contributed by atoms with Gasteiger partial charge in [-0.1, -0.05) is 58.6 Å². The number of nitrogens with zero attached hydrogens (tertiary/aromatic N) is 1. The molecule has 3 aromatic rings. The summed E-state index contributed by atoms with van der Waals surface area (Å²) >= 11 is 18.3. The highest BCUT2D eigenvalue weighted by molar-refractivity contribution is 6.54. The Balaban J connectivity index is 1.50. The number of anilines is 2. The highest BCUT2D eigenvalue weighted by atomic mass is 35.5. The zero-order valence-corrected chi connectivity index (χ0v) is 19.3. The lowest BCUT2D eigenvalue weighted by molar-refractivity contribution is -0.120. The Labute approximate surface area is 204 Å². The van der Waals surface area contributed by atoms with Gasteiger partial charge in [-0.05, 0) is 55.5 Å². The number of ether oxygens (including phenoxy) is 1.